The number of sulfonamides is 1. The number of rotatable bonds is 3. The van der Waals surface area contributed by atoms with E-state index in [1.54, 1.807) is 36.4 Å². The van der Waals surface area contributed by atoms with Crippen molar-refractivity contribution in [3.8, 4) is 11.5 Å². The normalized spacial score (nSPS) is 15.5. The summed E-state index contributed by atoms with van der Waals surface area (Å²) < 4.78 is 36.1. The number of nitrogens with one attached hydrogen (secondary N) is 1. The summed E-state index contributed by atoms with van der Waals surface area (Å²) in [5.74, 6) is 0.923. The maximum atomic E-state index is 12.6. The van der Waals surface area contributed by atoms with Crippen molar-refractivity contribution in [2.45, 2.75) is 6.42 Å². The third kappa shape index (κ3) is 3.08. The number of ether oxygens (including phenoxy) is 2. The van der Waals surface area contributed by atoms with Crippen molar-refractivity contribution in [3.63, 3.8) is 0 Å². The number of carbonyl (C=O) groups excluding carboxylic acids is 1. The van der Waals surface area contributed by atoms with Gasteiger partial charge in [-0.15, -0.1) is 0 Å². The van der Waals surface area contributed by atoms with Crippen LogP contribution in [0.2, 0.25) is 0 Å². The fraction of sp³-hybridized carbons (Fsp3) is 0.278. The van der Waals surface area contributed by atoms with Crippen LogP contribution in [0.3, 0.4) is 0 Å². The number of amides is 1. The van der Waals surface area contributed by atoms with E-state index in [0.717, 1.165) is 5.56 Å². The molecule has 26 heavy (non-hydrogen) atoms. The van der Waals surface area contributed by atoms with Gasteiger partial charge >= 0.3 is 0 Å². The lowest BCUT2D eigenvalue weighted by Gasteiger charge is -2.19. The lowest BCUT2D eigenvalue weighted by molar-refractivity contribution is 0.102. The van der Waals surface area contributed by atoms with Gasteiger partial charge in [0.1, 0.15) is 13.2 Å². The van der Waals surface area contributed by atoms with Gasteiger partial charge in [-0.1, -0.05) is 6.07 Å². The fourth-order valence-corrected chi connectivity index (χ4v) is 4.11. The summed E-state index contributed by atoms with van der Waals surface area (Å²) in [5.41, 5.74) is 2.47. The third-order valence-corrected chi connectivity index (χ3v) is 5.58. The topological polar surface area (TPSA) is 84.9 Å². The highest BCUT2D eigenvalue weighted by Crippen LogP contribution is 2.34. The zero-order valence-electron chi connectivity index (χ0n) is 14.2. The molecule has 0 fully saturated rings. The Labute approximate surface area is 151 Å². The Balaban J connectivity index is 1.58. The molecule has 2 aromatic carbocycles. The Morgan fingerprint density at radius 2 is 1.85 bits per heavy atom. The van der Waals surface area contributed by atoms with Crippen molar-refractivity contribution >= 4 is 27.3 Å². The Bertz CT molecular complexity index is 987. The van der Waals surface area contributed by atoms with Gasteiger partial charge in [-0.05, 0) is 36.2 Å². The summed E-state index contributed by atoms with van der Waals surface area (Å²) in [4.78, 5) is 12.6. The second-order valence-corrected chi connectivity index (χ2v) is 8.15. The van der Waals surface area contributed by atoms with Gasteiger partial charge in [0, 0.05) is 23.9 Å². The molecule has 8 heteroatoms. The molecule has 0 radical (unpaired) electrons. The SMILES string of the molecule is CS(=O)(=O)N1CCc2ccc(C(=O)Nc3ccc4c(c3)OCCO4)cc21. The van der Waals surface area contributed by atoms with E-state index in [2.05, 4.69) is 5.32 Å². The highest BCUT2D eigenvalue weighted by atomic mass is 32.2. The molecule has 1 N–H and O–H groups in total. The number of anilines is 2. The molecule has 2 aliphatic heterocycles. The van der Waals surface area contributed by atoms with Gasteiger partial charge in [0.05, 0.1) is 11.9 Å². The van der Waals surface area contributed by atoms with Gasteiger partial charge in [-0.3, -0.25) is 9.10 Å². The van der Waals surface area contributed by atoms with Gasteiger partial charge in [-0.2, -0.15) is 0 Å². The van der Waals surface area contributed by atoms with Crippen LogP contribution in [0.25, 0.3) is 0 Å². The molecule has 0 aromatic heterocycles. The van der Waals surface area contributed by atoms with Gasteiger partial charge in [0.15, 0.2) is 11.5 Å². The monoisotopic (exact) mass is 374 g/mol. The summed E-state index contributed by atoms with van der Waals surface area (Å²) in [6.07, 6.45) is 1.82. The van der Waals surface area contributed by atoms with Crippen LogP contribution in [-0.4, -0.2) is 40.3 Å². The van der Waals surface area contributed by atoms with E-state index in [1.807, 2.05) is 0 Å². The van der Waals surface area contributed by atoms with Crippen LogP contribution >= 0.6 is 0 Å². The second-order valence-electron chi connectivity index (χ2n) is 6.24. The zero-order valence-corrected chi connectivity index (χ0v) is 15.0. The number of fused-ring (bicyclic) bond motifs is 2. The lowest BCUT2D eigenvalue weighted by Crippen LogP contribution is -2.27. The van der Waals surface area contributed by atoms with Gasteiger partial charge in [0.2, 0.25) is 10.0 Å². The lowest BCUT2D eigenvalue weighted by atomic mass is 10.1. The number of hydrogen-bond acceptors (Lipinski definition) is 5. The van der Waals surface area contributed by atoms with Crippen LogP contribution in [0.4, 0.5) is 11.4 Å². The summed E-state index contributed by atoms with van der Waals surface area (Å²) in [7, 11) is -3.36. The van der Waals surface area contributed by atoms with E-state index in [1.165, 1.54) is 10.6 Å². The van der Waals surface area contributed by atoms with E-state index in [9.17, 15) is 13.2 Å². The molecule has 0 bridgehead atoms. The minimum Gasteiger partial charge on any atom is -0.486 e. The molecule has 2 heterocycles. The average molecular weight is 374 g/mol. The molecule has 0 saturated carbocycles. The van der Waals surface area contributed by atoms with Crippen LogP contribution in [0.1, 0.15) is 15.9 Å². The predicted molar refractivity (Wildman–Crippen MR) is 97.7 cm³/mol. The standard InChI is InChI=1S/C18H18N2O5S/c1-26(22,23)20-7-6-12-2-3-13(10-15(12)20)18(21)19-14-4-5-16-17(11-14)25-9-8-24-16/h2-5,10-11H,6-9H2,1H3,(H,19,21). The van der Waals surface area contributed by atoms with Crippen LogP contribution in [0.15, 0.2) is 36.4 Å². The van der Waals surface area contributed by atoms with E-state index >= 15 is 0 Å². The Morgan fingerprint density at radius 1 is 1.08 bits per heavy atom. The molecule has 1 amide bonds. The number of carbonyl (C=O) groups is 1. The first-order valence-corrected chi connectivity index (χ1v) is 10.1. The fourth-order valence-electron chi connectivity index (χ4n) is 3.16. The van der Waals surface area contributed by atoms with Crippen molar-refractivity contribution in [1.82, 2.24) is 0 Å². The van der Waals surface area contributed by atoms with Crippen molar-refractivity contribution in [2.24, 2.45) is 0 Å². The maximum Gasteiger partial charge on any atom is 0.255 e. The molecule has 2 aromatic rings. The van der Waals surface area contributed by atoms with E-state index in [-0.39, 0.29) is 5.91 Å². The van der Waals surface area contributed by atoms with Crippen LogP contribution in [-0.2, 0) is 16.4 Å². The Morgan fingerprint density at radius 3 is 2.62 bits per heavy atom. The van der Waals surface area contributed by atoms with Crippen molar-refractivity contribution in [3.05, 3.63) is 47.5 Å². The smallest absolute Gasteiger partial charge is 0.255 e. The predicted octanol–water partition coefficient (Wildman–Crippen LogP) is 2.03. The van der Waals surface area contributed by atoms with Crippen molar-refractivity contribution < 1.29 is 22.7 Å². The zero-order chi connectivity index (χ0) is 18.3. The second kappa shape index (κ2) is 6.21. The molecule has 2 aliphatic rings. The minimum atomic E-state index is -3.36. The van der Waals surface area contributed by atoms with Crippen LogP contribution in [0.5, 0.6) is 11.5 Å². The highest BCUT2D eigenvalue weighted by molar-refractivity contribution is 7.92. The van der Waals surface area contributed by atoms with Crippen molar-refractivity contribution in [2.75, 3.05) is 35.6 Å². The summed E-state index contributed by atoms with van der Waals surface area (Å²) >= 11 is 0. The average Bonchev–Trinajstić information content (AvgIpc) is 3.05. The Hall–Kier alpha value is -2.74. The molecular formula is C18H18N2O5S. The first-order chi connectivity index (χ1) is 12.4. The van der Waals surface area contributed by atoms with E-state index < -0.39 is 10.0 Å². The molecule has 0 aliphatic carbocycles. The van der Waals surface area contributed by atoms with Gasteiger partial charge in [0.25, 0.3) is 5.91 Å². The summed E-state index contributed by atoms with van der Waals surface area (Å²) in [6.45, 7) is 1.38. The highest BCUT2D eigenvalue weighted by Gasteiger charge is 2.27. The molecule has 136 valence electrons. The third-order valence-electron chi connectivity index (χ3n) is 4.40. The first kappa shape index (κ1) is 16.7. The number of hydrogen-bond donors (Lipinski definition) is 1. The number of nitrogens with zero attached hydrogens (tertiary/aromatic N) is 1. The quantitative estimate of drug-likeness (QED) is 0.889. The number of benzene rings is 2. The molecule has 0 unspecified atom stereocenters. The molecule has 0 spiro atoms. The van der Waals surface area contributed by atoms with E-state index in [4.69, 9.17) is 9.47 Å². The largest absolute Gasteiger partial charge is 0.486 e. The Kier molecular flexibility index (Phi) is 3.99. The molecule has 0 atom stereocenters. The van der Waals surface area contributed by atoms with Gasteiger partial charge < -0.3 is 14.8 Å². The molecule has 4 rings (SSSR count). The minimum absolute atomic E-state index is 0.315. The summed E-state index contributed by atoms with van der Waals surface area (Å²) in [6, 6.07) is 10.3. The molecule has 0 saturated heterocycles. The van der Waals surface area contributed by atoms with Crippen molar-refractivity contribution in [1.29, 1.82) is 0 Å². The van der Waals surface area contributed by atoms with Crippen LogP contribution in [0, 0.1) is 0 Å². The maximum absolute atomic E-state index is 12.6. The van der Waals surface area contributed by atoms with E-state index in [0.29, 0.717) is 54.6 Å². The van der Waals surface area contributed by atoms with Crippen LogP contribution < -0.4 is 19.1 Å². The molecule has 7 nitrogen and oxygen atoms in total. The first-order valence-electron chi connectivity index (χ1n) is 8.23. The van der Waals surface area contributed by atoms with Gasteiger partial charge in [-0.25, -0.2) is 8.42 Å². The summed E-state index contributed by atoms with van der Waals surface area (Å²) in [5, 5.41) is 2.81. The molecular weight excluding hydrogens is 356 g/mol.